The van der Waals surface area contributed by atoms with E-state index in [0.717, 1.165) is 63.2 Å². The van der Waals surface area contributed by atoms with Crippen molar-refractivity contribution in [2.45, 2.75) is 39.3 Å². The first-order valence-corrected chi connectivity index (χ1v) is 9.46. The number of carbonyl (C=O) groups is 1. The van der Waals surface area contributed by atoms with E-state index in [1.54, 1.807) is 0 Å². The second kappa shape index (κ2) is 8.48. The van der Waals surface area contributed by atoms with Crippen molar-refractivity contribution in [3.8, 4) is 0 Å². The zero-order chi connectivity index (χ0) is 18.5. The van der Waals surface area contributed by atoms with Gasteiger partial charge in [0.2, 0.25) is 5.91 Å². The van der Waals surface area contributed by atoms with Gasteiger partial charge in [0.25, 0.3) is 0 Å². The van der Waals surface area contributed by atoms with Crippen LogP contribution in [0.3, 0.4) is 0 Å². The van der Waals surface area contributed by atoms with Gasteiger partial charge in [-0.25, -0.2) is 4.99 Å². The molecule has 144 valence electrons. The molecule has 9 heteroatoms. The number of hydrogen-bond donors (Lipinski definition) is 2. The van der Waals surface area contributed by atoms with E-state index < -0.39 is 0 Å². The highest BCUT2D eigenvalue weighted by Gasteiger charge is 2.25. The Morgan fingerprint density at radius 1 is 1.23 bits per heavy atom. The highest BCUT2D eigenvalue weighted by Crippen LogP contribution is 2.18. The zero-order valence-electron chi connectivity index (χ0n) is 16.0. The second-order valence-corrected chi connectivity index (χ2v) is 7.00. The van der Waals surface area contributed by atoms with Crippen LogP contribution in [0.2, 0.25) is 0 Å². The van der Waals surface area contributed by atoms with Crippen molar-refractivity contribution >= 4 is 11.9 Å². The quantitative estimate of drug-likeness (QED) is 0.523. The maximum atomic E-state index is 12.0. The van der Waals surface area contributed by atoms with Gasteiger partial charge in [0.05, 0.1) is 6.54 Å². The number of hydrogen-bond acceptors (Lipinski definition) is 5. The minimum absolute atomic E-state index is 0.152. The van der Waals surface area contributed by atoms with Crippen LogP contribution in [-0.4, -0.2) is 81.7 Å². The monoisotopic (exact) mass is 362 g/mol. The van der Waals surface area contributed by atoms with Gasteiger partial charge >= 0.3 is 0 Å². The molecule has 1 aliphatic heterocycles. The van der Waals surface area contributed by atoms with Crippen molar-refractivity contribution in [3.63, 3.8) is 0 Å². The summed E-state index contributed by atoms with van der Waals surface area (Å²) < 4.78 is 1.96. The molecule has 0 unspecified atom stereocenters. The van der Waals surface area contributed by atoms with Gasteiger partial charge in [0.15, 0.2) is 11.8 Å². The molecule has 1 amide bonds. The van der Waals surface area contributed by atoms with Crippen molar-refractivity contribution in [2.75, 3.05) is 39.3 Å². The largest absolute Gasteiger partial charge is 0.357 e. The summed E-state index contributed by atoms with van der Waals surface area (Å²) in [5, 5.41) is 14.7. The number of aryl methyl sites for hydroxylation is 1. The third-order valence-corrected chi connectivity index (χ3v) is 4.87. The van der Waals surface area contributed by atoms with Gasteiger partial charge < -0.3 is 20.1 Å². The van der Waals surface area contributed by atoms with Crippen LogP contribution in [0.5, 0.6) is 0 Å². The van der Waals surface area contributed by atoms with E-state index in [9.17, 15) is 4.79 Å². The fourth-order valence-electron chi connectivity index (χ4n) is 2.98. The van der Waals surface area contributed by atoms with E-state index in [-0.39, 0.29) is 5.91 Å². The maximum absolute atomic E-state index is 12.0. The molecule has 26 heavy (non-hydrogen) atoms. The third-order valence-electron chi connectivity index (χ3n) is 4.87. The fraction of sp³-hybridized carbons (Fsp3) is 0.765. The number of guanidine groups is 1. The lowest BCUT2D eigenvalue weighted by molar-refractivity contribution is -0.122. The molecule has 1 saturated heterocycles. The lowest BCUT2D eigenvalue weighted by atomic mass is 10.3. The van der Waals surface area contributed by atoms with E-state index >= 15 is 0 Å². The van der Waals surface area contributed by atoms with Crippen molar-refractivity contribution in [1.29, 1.82) is 0 Å². The van der Waals surface area contributed by atoms with Gasteiger partial charge in [0.1, 0.15) is 12.4 Å². The first-order valence-electron chi connectivity index (χ1n) is 9.46. The number of aliphatic imine (C=N–C) groups is 1. The first kappa shape index (κ1) is 18.6. The Morgan fingerprint density at radius 2 is 1.96 bits per heavy atom. The number of nitrogens with zero attached hydrogens (tertiary/aromatic N) is 6. The second-order valence-electron chi connectivity index (χ2n) is 7.00. The van der Waals surface area contributed by atoms with Crippen molar-refractivity contribution < 1.29 is 4.79 Å². The molecule has 2 aliphatic rings. The smallest absolute Gasteiger partial charge is 0.234 e. The third kappa shape index (κ3) is 4.94. The predicted octanol–water partition coefficient (Wildman–Crippen LogP) is -0.515. The topological polar surface area (TPSA) is 90.7 Å². The summed E-state index contributed by atoms with van der Waals surface area (Å²) in [7, 11) is 1.96. The van der Waals surface area contributed by atoms with E-state index in [2.05, 4.69) is 37.6 Å². The van der Waals surface area contributed by atoms with E-state index in [4.69, 9.17) is 4.99 Å². The summed E-state index contributed by atoms with van der Waals surface area (Å²) in [5.74, 6) is 2.79. The predicted molar refractivity (Wildman–Crippen MR) is 99.7 cm³/mol. The van der Waals surface area contributed by atoms with E-state index in [1.165, 1.54) is 0 Å². The number of rotatable bonds is 6. The summed E-state index contributed by atoms with van der Waals surface area (Å²) in [6, 6.07) is 0.431. The average molecular weight is 362 g/mol. The van der Waals surface area contributed by atoms with Gasteiger partial charge in [0, 0.05) is 45.8 Å². The molecule has 2 N–H and O–H groups in total. The molecule has 1 saturated carbocycles. The Labute approximate surface area is 154 Å². The molecule has 0 atom stereocenters. The molecule has 9 nitrogen and oxygen atoms in total. The van der Waals surface area contributed by atoms with Crippen LogP contribution in [0.4, 0.5) is 0 Å². The van der Waals surface area contributed by atoms with Gasteiger partial charge in [-0.05, 0) is 26.7 Å². The van der Waals surface area contributed by atoms with Crippen molar-refractivity contribution in [1.82, 2.24) is 35.2 Å². The number of carbonyl (C=O) groups excluding carboxylic acids is 1. The summed E-state index contributed by atoms with van der Waals surface area (Å²) in [4.78, 5) is 21.1. The highest BCUT2D eigenvalue weighted by atomic mass is 16.2. The molecule has 1 aromatic rings. The normalized spacial score (nSPS) is 18.9. The van der Waals surface area contributed by atoms with Crippen LogP contribution >= 0.6 is 0 Å². The molecule has 2 fully saturated rings. The Kier molecular flexibility index (Phi) is 6.08. The maximum Gasteiger partial charge on any atom is 0.234 e. The Bertz CT molecular complexity index is 643. The molecule has 0 bridgehead atoms. The van der Waals surface area contributed by atoms with Crippen LogP contribution in [-0.2, 0) is 18.4 Å². The van der Waals surface area contributed by atoms with Gasteiger partial charge in [-0.1, -0.05) is 0 Å². The van der Waals surface area contributed by atoms with Gasteiger partial charge in [-0.15, -0.1) is 10.2 Å². The van der Waals surface area contributed by atoms with Crippen LogP contribution in [0.25, 0.3) is 0 Å². The van der Waals surface area contributed by atoms with Crippen molar-refractivity contribution in [3.05, 3.63) is 11.6 Å². The van der Waals surface area contributed by atoms with Crippen LogP contribution in [0, 0.1) is 6.92 Å². The SMILES string of the molecule is CCNC(=NCc1nnc(C)n1C)N1CCN(CC(=O)NC2CC2)CC1. The van der Waals surface area contributed by atoms with Gasteiger partial charge in [-0.3, -0.25) is 9.69 Å². The zero-order valence-corrected chi connectivity index (χ0v) is 16.0. The van der Waals surface area contributed by atoms with E-state index in [1.807, 2.05) is 18.5 Å². The number of nitrogens with one attached hydrogen (secondary N) is 2. The molecule has 1 aromatic heterocycles. The van der Waals surface area contributed by atoms with Crippen LogP contribution < -0.4 is 10.6 Å². The van der Waals surface area contributed by atoms with Gasteiger partial charge in [-0.2, -0.15) is 0 Å². The number of amides is 1. The Hall–Kier alpha value is -2.16. The van der Waals surface area contributed by atoms with E-state index in [0.29, 0.717) is 19.1 Å². The molecule has 0 spiro atoms. The number of piperazine rings is 1. The molecular formula is C17H30N8O. The minimum atomic E-state index is 0.152. The number of aromatic nitrogens is 3. The Balaban J connectivity index is 1.51. The summed E-state index contributed by atoms with van der Waals surface area (Å²) in [6.45, 7) is 9.28. The van der Waals surface area contributed by atoms with Crippen molar-refractivity contribution in [2.24, 2.45) is 12.0 Å². The summed E-state index contributed by atoms with van der Waals surface area (Å²) in [5.41, 5.74) is 0. The van der Waals surface area contributed by atoms with Crippen LogP contribution in [0.1, 0.15) is 31.4 Å². The lowest BCUT2D eigenvalue weighted by Gasteiger charge is -2.36. The molecule has 2 heterocycles. The standard InChI is InChI=1S/C17H30N8O/c1-4-18-17(19-11-15-22-21-13(2)23(15)3)25-9-7-24(8-10-25)12-16(26)20-14-5-6-14/h14H,4-12H2,1-3H3,(H,18,19)(H,20,26). The molecule has 0 radical (unpaired) electrons. The molecular weight excluding hydrogens is 332 g/mol. The summed E-state index contributed by atoms with van der Waals surface area (Å²) >= 11 is 0. The van der Waals surface area contributed by atoms with Crippen LogP contribution in [0.15, 0.2) is 4.99 Å². The first-order chi connectivity index (χ1) is 12.6. The highest BCUT2D eigenvalue weighted by molar-refractivity contribution is 5.80. The fourth-order valence-corrected chi connectivity index (χ4v) is 2.98. The molecule has 0 aromatic carbocycles. The lowest BCUT2D eigenvalue weighted by Crippen LogP contribution is -2.54. The average Bonchev–Trinajstić information content (AvgIpc) is 3.38. The summed E-state index contributed by atoms with van der Waals surface area (Å²) in [6.07, 6.45) is 2.26. The Morgan fingerprint density at radius 3 is 2.54 bits per heavy atom. The molecule has 1 aliphatic carbocycles. The minimum Gasteiger partial charge on any atom is -0.357 e. The molecule has 3 rings (SSSR count).